The molecule has 1 fully saturated rings. The molecule has 1 saturated carbocycles. The van der Waals surface area contributed by atoms with E-state index in [1.165, 1.54) is 25.0 Å². The monoisotopic (exact) mass is 270 g/mol. The normalized spacial score (nSPS) is 15.3. The Morgan fingerprint density at radius 3 is 2.78 bits per heavy atom. The average Bonchev–Trinajstić information content (AvgIpc) is 3.12. The quantitative estimate of drug-likeness (QED) is 0.766. The number of halogens is 2. The Balaban J connectivity index is 1.71. The van der Waals surface area contributed by atoms with Crippen molar-refractivity contribution in [1.29, 1.82) is 0 Å². The summed E-state index contributed by atoms with van der Waals surface area (Å²) in [6.07, 6.45) is 2.68. The van der Waals surface area contributed by atoms with Crippen LogP contribution in [-0.2, 0) is 6.54 Å². The standard InChI is InChI=1S/C14H20ClFN2/c1-2-18(14-3-4-14)6-5-17-10-11-7-12(15)9-13(16)8-11/h7-9,14,17H,2-6,10H2,1H3. The van der Waals surface area contributed by atoms with Crippen molar-refractivity contribution in [2.24, 2.45) is 0 Å². The molecule has 1 N–H and O–H groups in total. The van der Waals surface area contributed by atoms with Crippen LogP contribution < -0.4 is 5.32 Å². The van der Waals surface area contributed by atoms with Gasteiger partial charge in [-0.15, -0.1) is 0 Å². The summed E-state index contributed by atoms with van der Waals surface area (Å²) in [4.78, 5) is 2.49. The fraction of sp³-hybridized carbons (Fsp3) is 0.571. The zero-order chi connectivity index (χ0) is 13.0. The predicted molar refractivity (Wildman–Crippen MR) is 73.4 cm³/mol. The lowest BCUT2D eigenvalue weighted by molar-refractivity contribution is 0.277. The van der Waals surface area contributed by atoms with Gasteiger partial charge in [0, 0.05) is 30.7 Å². The summed E-state index contributed by atoms with van der Waals surface area (Å²) in [6.45, 7) is 5.96. The van der Waals surface area contributed by atoms with E-state index >= 15 is 0 Å². The highest BCUT2D eigenvalue weighted by Gasteiger charge is 2.26. The van der Waals surface area contributed by atoms with Crippen molar-refractivity contribution >= 4 is 11.6 Å². The second kappa shape index (κ2) is 6.50. The van der Waals surface area contributed by atoms with Gasteiger partial charge in [-0.25, -0.2) is 4.39 Å². The summed E-state index contributed by atoms with van der Waals surface area (Å²) in [5, 5.41) is 3.79. The Hall–Kier alpha value is -0.640. The minimum absolute atomic E-state index is 0.271. The first-order chi connectivity index (χ1) is 8.69. The number of hydrogen-bond donors (Lipinski definition) is 1. The van der Waals surface area contributed by atoms with Gasteiger partial charge >= 0.3 is 0 Å². The van der Waals surface area contributed by atoms with Gasteiger partial charge in [0.2, 0.25) is 0 Å². The third kappa shape index (κ3) is 4.23. The molecule has 1 aromatic carbocycles. The van der Waals surface area contributed by atoms with Gasteiger partial charge in [-0.1, -0.05) is 18.5 Å². The van der Waals surface area contributed by atoms with Gasteiger partial charge in [0.25, 0.3) is 0 Å². The van der Waals surface area contributed by atoms with Crippen molar-refractivity contribution in [3.8, 4) is 0 Å². The molecule has 1 aromatic rings. The van der Waals surface area contributed by atoms with Crippen LogP contribution in [0.3, 0.4) is 0 Å². The van der Waals surface area contributed by atoms with Crippen molar-refractivity contribution in [3.05, 3.63) is 34.6 Å². The number of hydrogen-bond acceptors (Lipinski definition) is 2. The second-order valence-electron chi connectivity index (χ2n) is 4.81. The van der Waals surface area contributed by atoms with Crippen LogP contribution in [0.1, 0.15) is 25.3 Å². The number of nitrogens with one attached hydrogen (secondary N) is 1. The maximum absolute atomic E-state index is 13.1. The largest absolute Gasteiger partial charge is 0.311 e. The molecule has 2 rings (SSSR count). The highest BCUT2D eigenvalue weighted by Crippen LogP contribution is 2.25. The van der Waals surface area contributed by atoms with Gasteiger partial charge in [-0.2, -0.15) is 0 Å². The van der Waals surface area contributed by atoms with E-state index in [-0.39, 0.29) is 5.82 Å². The van der Waals surface area contributed by atoms with E-state index in [0.717, 1.165) is 31.2 Å². The first-order valence-electron chi connectivity index (χ1n) is 6.58. The van der Waals surface area contributed by atoms with Crippen molar-refractivity contribution in [1.82, 2.24) is 10.2 Å². The van der Waals surface area contributed by atoms with Gasteiger partial charge in [0.05, 0.1) is 0 Å². The van der Waals surface area contributed by atoms with E-state index < -0.39 is 0 Å². The molecule has 100 valence electrons. The van der Waals surface area contributed by atoms with Crippen molar-refractivity contribution in [2.45, 2.75) is 32.4 Å². The first kappa shape index (κ1) is 13.8. The zero-order valence-corrected chi connectivity index (χ0v) is 11.5. The topological polar surface area (TPSA) is 15.3 Å². The molecule has 1 aliphatic rings. The van der Waals surface area contributed by atoms with E-state index in [9.17, 15) is 4.39 Å². The van der Waals surface area contributed by atoms with Crippen molar-refractivity contribution in [2.75, 3.05) is 19.6 Å². The van der Waals surface area contributed by atoms with Gasteiger partial charge in [0.15, 0.2) is 0 Å². The molecular weight excluding hydrogens is 251 g/mol. The first-order valence-corrected chi connectivity index (χ1v) is 6.96. The molecule has 2 nitrogen and oxygen atoms in total. The molecular formula is C14H20ClFN2. The SMILES string of the molecule is CCN(CCNCc1cc(F)cc(Cl)c1)C1CC1. The Morgan fingerprint density at radius 2 is 2.17 bits per heavy atom. The lowest BCUT2D eigenvalue weighted by Crippen LogP contribution is -2.33. The van der Waals surface area contributed by atoms with Crippen LogP contribution in [0.25, 0.3) is 0 Å². The summed E-state index contributed by atoms with van der Waals surface area (Å²) >= 11 is 5.81. The van der Waals surface area contributed by atoms with Crippen LogP contribution in [0.15, 0.2) is 18.2 Å². The van der Waals surface area contributed by atoms with Crippen molar-refractivity contribution in [3.63, 3.8) is 0 Å². The van der Waals surface area contributed by atoms with Crippen LogP contribution >= 0.6 is 11.6 Å². The maximum Gasteiger partial charge on any atom is 0.125 e. The van der Waals surface area contributed by atoms with Gasteiger partial charge < -0.3 is 5.32 Å². The molecule has 18 heavy (non-hydrogen) atoms. The number of likely N-dealkylation sites (N-methyl/N-ethyl adjacent to an activating group) is 1. The fourth-order valence-electron chi connectivity index (χ4n) is 2.21. The van der Waals surface area contributed by atoms with Crippen molar-refractivity contribution < 1.29 is 4.39 Å². The lowest BCUT2D eigenvalue weighted by atomic mass is 10.2. The molecule has 0 aromatic heterocycles. The van der Waals surface area contributed by atoms with Crippen LogP contribution in [0, 0.1) is 5.82 Å². The summed E-state index contributed by atoms with van der Waals surface area (Å²) in [6, 6.07) is 5.46. The second-order valence-corrected chi connectivity index (χ2v) is 5.25. The van der Waals surface area contributed by atoms with Gasteiger partial charge in [-0.05, 0) is 43.1 Å². The molecule has 1 aliphatic carbocycles. The minimum atomic E-state index is -0.271. The molecule has 0 spiro atoms. The molecule has 0 bridgehead atoms. The summed E-state index contributed by atoms with van der Waals surface area (Å²) < 4.78 is 13.1. The lowest BCUT2D eigenvalue weighted by Gasteiger charge is -2.19. The van der Waals surface area contributed by atoms with E-state index in [1.54, 1.807) is 6.07 Å². The average molecular weight is 271 g/mol. The molecule has 0 heterocycles. The Bertz CT molecular complexity index is 373. The summed E-state index contributed by atoms with van der Waals surface area (Å²) in [5.74, 6) is -0.271. The Labute approximate surface area is 113 Å². The van der Waals surface area contributed by atoms with E-state index in [1.807, 2.05) is 0 Å². The Morgan fingerprint density at radius 1 is 1.39 bits per heavy atom. The van der Waals surface area contributed by atoms with Crippen LogP contribution in [-0.4, -0.2) is 30.6 Å². The number of rotatable bonds is 7. The van der Waals surface area contributed by atoms with Crippen LogP contribution in [0.2, 0.25) is 5.02 Å². The summed E-state index contributed by atoms with van der Waals surface area (Å²) in [5.41, 5.74) is 0.898. The summed E-state index contributed by atoms with van der Waals surface area (Å²) in [7, 11) is 0. The van der Waals surface area contributed by atoms with Gasteiger partial charge in [0.1, 0.15) is 5.82 Å². The molecule has 0 radical (unpaired) electrons. The minimum Gasteiger partial charge on any atom is -0.311 e. The third-order valence-corrected chi connectivity index (χ3v) is 3.51. The van der Waals surface area contributed by atoms with Crippen LogP contribution in [0.5, 0.6) is 0 Å². The third-order valence-electron chi connectivity index (χ3n) is 3.30. The fourth-order valence-corrected chi connectivity index (χ4v) is 2.45. The smallest absolute Gasteiger partial charge is 0.125 e. The Kier molecular flexibility index (Phi) is 4.98. The van der Waals surface area contributed by atoms with E-state index in [2.05, 4.69) is 17.1 Å². The highest BCUT2D eigenvalue weighted by atomic mass is 35.5. The molecule has 0 unspecified atom stereocenters. The predicted octanol–water partition coefficient (Wildman–Crippen LogP) is 3.05. The molecule has 0 aliphatic heterocycles. The number of benzene rings is 1. The van der Waals surface area contributed by atoms with E-state index in [4.69, 9.17) is 11.6 Å². The van der Waals surface area contributed by atoms with Gasteiger partial charge in [-0.3, -0.25) is 4.90 Å². The highest BCUT2D eigenvalue weighted by molar-refractivity contribution is 6.30. The van der Waals surface area contributed by atoms with Crippen LogP contribution in [0.4, 0.5) is 4.39 Å². The maximum atomic E-state index is 13.1. The molecule has 4 heteroatoms. The number of nitrogens with zero attached hydrogens (tertiary/aromatic N) is 1. The molecule has 0 atom stereocenters. The molecule has 0 saturated heterocycles. The molecule has 0 amide bonds. The zero-order valence-electron chi connectivity index (χ0n) is 10.8. The van der Waals surface area contributed by atoms with E-state index in [0.29, 0.717) is 11.6 Å².